The van der Waals surface area contributed by atoms with Crippen molar-refractivity contribution in [1.29, 1.82) is 0 Å². The van der Waals surface area contributed by atoms with Gasteiger partial charge in [-0.2, -0.15) is 0 Å². The van der Waals surface area contributed by atoms with Crippen LogP contribution < -0.4 is 0 Å². The van der Waals surface area contributed by atoms with Crippen LogP contribution in [0, 0.1) is 5.41 Å². The summed E-state index contributed by atoms with van der Waals surface area (Å²) >= 11 is 0. The molecule has 72 valence electrons. The minimum absolute atomic E-state index is 0.296. The highest BCUT2D eigenvalue weighted by Crippen LogP contribution is 2.22. The summed E-state index contributed by atoms with van der Waals surface area (Å²) in [4.78, 5) is 10.8. The molecule has 1 atom stereocenters. The average Bonchev–Trinajstić information content (AvgIpc) is 2.51. The van der Waals surface area contributed by atoms with E-state index in [1.54, 1.807) is 4.68 Å². The number of nitrogens with zero attached hydrogens (tertiary/aromatic N) is 3. The Labute approximate surface area is 77.9 Å². The van der Waals surface area contributed by atoms with Crippen molar-refractivity contribution in [2.75, 3.05) is 0 Å². The van der Waals surface area contributed by atoms with Gasteiger partial charge < -0.3 is 4.79 Å². The largest absolute Gasteiger partial charge is 0.303 e. The van der Waals surface area contributed by atoms with Crippen molar-refractivity contribution in [3.05, 3.63) is 11.9 Å². The summed E-state index contributed by atoms with van der Waals surface area (Å²) in [6.45, 7) is 3.94. The zero-order valence-corrected chi connectivity index (χ0v) is 8.32. The van der Waals surface area contributed by atoms with Gasteiger partial charge in [-0.3, -0.25) is 4.68 Å². The fourth-order valence-electron chi connectivity index (χ4n) is 1.14. The normalized spacial score (nSPS) is 15.3. The lowest BCUT2D eigenvalue weighted by molar-refractivity contribution is -0.115. The smallest absolute Gasteiger partial charge is 0.126 e. The Balaban J connectivity index is 2.72. The lowest BCUT2D eigenvalue weighted by Gasteiger charge is -2.18. The first-order chi connectivity index (χ1) is 6.09. The molecular weight excluding hydrogens is 166 g/mol. The molecule has 0 aromatic carbocycles. The number of hydrogen-bond acceptors (Lipinski definition) is 3. The van der Waals surface area contributed by atoms with E-state index in [0.717, 1.165) is 18.4 Å². The maximum atomic E-state index is 10.8. The summed E-state index contributed by atoms with van der Waals surface area (Å²) in [5.41, 5.74) is 0.578. The van der Waals surface area contributed by atoms with Gasteiger partial charge in [-0.1, -0.05) is 19.1 Å². The van der Waals surface area contributed by atoms with Gasteiger partial charge in [0.25, 0.3) is 0 Å². The van der Waals surface area contributed by atoms with Crippen molar-refractivity contribution in [1.82, 2.24) is 15.0 Å². The minimum Gasteiger partial charge on any atom is -0.303 e. The second kappa shape index (κ2) is 3.68. The van der Waals surface area contributed by atoms with E-state index in [0.29, 0.717) is 6.42 Å². The molecule has 0 saturated carbocycles. The van der Waals surface area contributed by atoms with E-state index in [4.69, 9.17) is 0 Å². The molecule has 0 radical (unpaired) electrons. The molecule has 0 aliphatic heterocycles. The molecule has 1 aromatic rings. The fraction of sp³-hybridized carbons (Fsp3) is 0.667. The molecule has 1 aromatic heterocycles. The van der Waals surface area contributed by atoms with Crippen molar-refractivity contribution in [2.45, 2.75) is 26.7 Å². The molecule has 1 heterocycles. The third-order valence-electron chi connectivity index (χ3n) is 2.33. The number of aromatic nitrogens is 3. The molecular formula is C9H15N3O. The fourth-order valence-corrected chi connectivity index (χ4v) is 1.14. The predicted molar refractivity (Wildman–Crippen MR) is 49.2 cm³/mol. The predicted octanol–water partition coefficient (Wildman–Crippen LogP) is 0.973. The quantitative estimate of drug-likeness (QED) is 0.650. The summed E-state index contributed by atoms with van der Waals surface area (Å²) in [7, 11) is 1.82. The second-order valence-corrected chi connectivity index (χ2v) is 3.69. The van der Waals surface area contributed by atoms with Crippen molar-refractivity contribution in [3.8, 4) is 0 Å². The molecule has 0 N–H and O–H groups in total. The van der Waals surface area contributed by atoms with Crippen LogP contribution >= 0.6 is 0 Å². The molecule has 0 spiro atoms. The van der Waals surface area contributed by atoms with E-state index < -0.39 is 0 Å². The number of hydrogen-bond donors (Lipinski definition) is 0. The van der Waals surface area contributed by atoms with Gasteiger partial charge in [-0.05, 0) is 6.42 Å². The first-order valence-corrected chi connectivity index (χ1v) is 4.41. The summed E-state index contributed by atoms with van der Waals surface area (Å²) in [5, 5.41) is 7.77. The van der Waals surface area contributed by atoms with Gasteiger partial charge in [-0.25, -0.2) is 0 Å². The SMILES string of the molecule is CCC(C)(C=O)Cc1cn(C)nn1. The number of aryl methyl sites for hydroxylation is 1. The molecule has 0 aliphatic carbocycles. The number of rotatable bonds is 4. The van der Waals surface area contributed by atoms with Gasteiger partial charge in [-0.15, -0.1) is 5.10 Å². The highest BCUT2D eigenvalue weighted by molar-refractivity contribution is 5.59. The Hall–Kier alpha value is -1.19. The summed E-state index contributed by atoms with van der Waals surface area (Å²) in [6, 6.07) is 0. The van der Waals surface area contributed by atoms with Crippen LogP contribution in [0.25, 0.3) is 0 Å². The Morgan fingerprint density at radius 3 is 2.77 bits per heavy atom. The highest BCUT2D eigenvalue weighted by atomic mass is 16.1. The number of aldehydes is 1. The van der Waals surface area contributed by atoms with Crippen molar-refractivity contribution in [3.63, 3.8) is 0 Å². The maximum Gasteiger partial charge on any atom is 0.126 e. The van der Waals surface area contributed by atoms with Gasteiger partial charge in [0.2, 0.25) is 0 Å². The Kier molecular flexibility index (Phi) is 2.80. The van der Waals surface area contributed by atoms with Crippen LogP contribution in [0.3, 0.4) is 0 Å². The van der Waals surface area contributed by atoms with E-state index in [1.807, 2.05) is 27.1 Å². The highest BCUT2D eigenvalue weighted by Gasteiger charge is 2.22. The van der Waals surface area contributed by atoms with E-state index in [9.17, 15) is 4.79 Å². The molecule has 4 nitrogen and oxygen atoms in total. The van der Waals surface area contributed by atoms with Gasteiger partial charge >= 0.3 is 0 Å². The second-order valence-electron chi connectivity index (χ2n) is 3.69. The molecule has 0 amide bonds. The molecule has 1 rings (SSSR count). The van der Waals surface area contributed by atoms with Gasteiger partial charge in [0.15, 0.2) is 0 Å². The molecule has 1 unspecified atom stereocenters. The molecule has 4 heteroatoms. The van der Waals surface area contributed by atoms with Gasteiger partial charge in [0.05, 0.1) is 5.69 Å². The third kappa shape index (κ3) is 2.37. The Morgan fingerprint density at radius 2 is 2.38 bits per heavy atom. The Morgan fingerprint density at radius 1 is 1.69 bits per heavy atom. The lowest BCUT2D eigenvalue weighted by Crippen LogP contribution is -2.20. The van der Waals surface area contributed by atoms with E-state index in [2.05, 4.69) is 10.3 Å². The van der Waals surface area contributed by atoms with E-state index in [-0.39, 0.29) is 5.41 Å². The summed E-state index contributed by atoms with van der Waals surface area (Å²) in [5.74, 6) is 0. The van der Waals surface area contributed by atoms with Crippen molar-refractivity contribution < 1.29 is 4.79 Å². The minimum atomic E-state index is -0.296. The first-order valence-electron chi connectivity index (χ1n) is 4.41. The molecule has 0 aliphatic rings. The zero-order valence-electron chi connectivity index (χ0n) is 8.32. The van der Waals surface area contributed by atoms with E-state index >= 15 is 0 Å². The number of carbonyl (C=O) groups is 1. The van der Waals surface area contributed by atoms with Crippen LogP contribution in [0.5, 0.6) is 0 Å². The lowest BCUT2D eigenvalue weighted by atomic mass is 9.85. The topological polar surface area (TPSA) is 47.8 Å². The van der Waals surface area contributed by atoms with Gasteiger partial charge in [0, 0.05) is 25.1 Å². The average molecular weight is 181 g/mol. The third-order valence-corrected chi connectivity index (χ3v) is 2.33. The maximum absolute atomic E-state index is 10.8. The van der Waals surface area contributed by atoms with Gasteiger partial charge in [0.1, 0.15) is 6.29 Å². The monoisotopic (exact) mass is 181 g/mol. The van der Waals surface area contributed by atoms with Crippen LogP contribution in [0.1, 0.15) is 26.0 Å². The van der Waals surface area contributed by atoms with Crippen LogP contribution in [0.2, 0.25) is 0 Å². The summed E-state index contributed by atoms with van der Waals surface area (Å²) < 4.78 is 1.65. The standard InChI is InChI=1S/C9H15N3O/c1-4-9(2,7-13)5-8-6-12(3)11-10-8/h6-7H,4-5H2,1-3H3. The van der Waals surface area contributed by atoms with Crippen molar-refractivity contribution >= 4 is 6.29 Å². The first kappa shape index (κ1) is 9.89. The van der Waals surface area contributed by atoms with Crippen LogP contribution in [0.4, 0.5) is 0 Å². The van der Waals surface area contributed by atoms with E-state index in [1.165, 1.54) is 0 Å². The molecule has 0 bridgehead atoms. The molecule has 13 heavy (non-hydrogen) atoms. The Bertz CT molecular complexity index is 295. The van der Waals surface area contributed by atoms with Crippen LogP contribution in [0.15, 0.2) is 6.20 Å². The van der Waals surface area contributed by atoms with Crippen LogP contribution in [-0.2, 0) is 18.3 Å². The van der Waals surface area contributed by atoms with Crippen molar-refractivity contribution in [2.24, 2.45) is 12.5 Å². The molecule has 0 saturated heterocycles. The van der Waals surface area contributed by atoms with Crippen LogP contribution in [-0.4, -0.2) is 21.3 Å². The molecule has 0 fully saturated rings. The zero-order chi connectivity index (χ0) is 9.90. The summed E-state index contributed by atoms with van der Waals surface area (Å²) in [6.07, 6.45) is 4.34. The number of carbonyl (C=O) groups excluding carboxylic acids is 1.